The molecule has 5 heteroatoms. The summed E-state index contributed by atoms with van der Waals surface area (Å²) in [6.45, 7) is 4.22. The lowest BCUT2D eigenvalue weighted by Gasteiger charge is -2.08. The van der Waals surface area contributed by atoms with Crippen molar-refractivity contribution in [2.45, 2.75) is 26.3 Å². The van der Waals surface area contributed by atoms with Gasteiger partial charge in [-0.3, -0.25) is 0 Å². The number of hydrogen-bond donors (Lipinski definition) is 1. The lowest BCUT2D eigenvalue weighted by atomic mass is 10.0. The Labute approximate surface area is 112 Å². The highest BCUT2D eigenvalue weighted by atomic mass is 16.5. The van der Waals surface area contributed by atoms with Crippen LogP contribution in [0.4, 0.5) is 0 Å². The molecule has 0 spiro atoms. The minimum absolute atomic E-state index is 0.209. The summed E-state index contributed by atoms with van der Waals surface area (Å²) in [4.78, 5) is 4.35. The number of aromatic nitrogens is 2. The molecule has 0 fully saturated rings. The number of methoxy groups -OCH3 is 1. The van der Waals surface area contributed by atoms with Crippen LogP contribution in [0.5, 0.6) is 5.75 Å². The van der Waals surface area contributed by atoms with Gasteiger partial charge in [0.15, 0.2) is 0 Å². The van der Waals surface area contributed by atoms with Gasteiger partial charge >= 0.3 is 0 Å². The van der Waals surface area contributed by atoms with Gasteiger partial charge in [-0.25, -0.2) is 0 Å². The molecular formula is C14H19N3O2. The first-order valence-electron chi connectivity index (χ1n) is 6.33. The zero-order valence-electron chi connectivity index (χ0n) is 11.5. The van der Waals surface area contributed by atoms with Gasteiger partial charge in [0.05, 0.1) is 13.2 Å². The van der Waals surface area contributed by atoms with Crippen LogP contribution in [0.2, 0.25) is 0 Å². The van der Waals surface area contributed by atoms with E-state index in [0.29, 0.717) is 17.6 Å². The zero-order valence-corrected chi connectivity index (χ0v) is 11.5. The normalized spacial score (nSPS) is 12.7. The Morgan fingerprint density at radius 2 is 1.95 bits per heavy atom. The summed E-state index contributed by atoms with van der Waals surface area (Å²) in [7, 11) is 1.63. The van der Waals surface area contributed by atoms with Crippen LogP contribution in [0.25, 0.3) is 11.4 Å². The molecule has 2 rings (SSSR count). The van der Waals surface area contributed by atoms with Crippen molar-refractivity contribution in [2.24, 2.45) is 11.7 Å². The molecule has 0 aliphatic carbocycles. The van der Waals surface area contributed by atoms with E-state index in [-0.39, 0.29) is 6.04 Å². The third kappa shape index (κ3) is 3.32. The summed E-state index contributed by atoms with van der Waals surface area (Å²) in [5, 5.41) is 3.96. The molecule has 0 bridgehead atoms. The average molecular weight is 261 g/mol. The van der Waals surface area contributed by atoms with Crippen molar-refractivity contribution in [1.29, 1.82) is 0 Å². The van der Waals surface area contributed by atoms with Crippen molar-refractivity contribution < 1.29 is 9.26 Å². The molecule has 19 heavy (non-hydrogen) atoms. The molecule has 0 aliphatic heterocycles. The van der Waals surface area contributed by atoms with E-state index in [4.69, 9.17) is 15.0 Å². The molecule has 2 N–H and O–H groups in total. The van der Waals surface area contributed by atoms with E-state index in [9.17, 15) is 0 Å². The fourth-order valence-electron chi connectivity index (χ4n) is 1.85. The molecule has 0 saturated carbocycles. The summed E-state index contributed by atoms with van der Waals surface area (Å²) in [5.41, 5.74) is 6.90. The molecule has 2 aromatic rings. The number of nitrogens with two attached hydrogens (primary N) is 1. The van der Waals surface area contributed by atoms with Crippen LogP contribution < -0.4 is 10.5 Å². The second-order valence-corrected chi connectivity index (χ2v) is 4.92. The molecule has 1 heterocycles. The maximum absolute atomic E-state index is 6.02. The Morgan fingerprint density at radius 1 is 1.26 bits per heavy atom. The molecule has 5 nitrogen and oxygen atoms in total. The number of rotatable bonds is 5. The van der Waals surface area contributed by atoms with Crippen LogP contribution in [0.1, 0.15) is 32.2 Å². The SMILES string of the molecule is COc1ccc(-c2noc([C@H](N)CC(C)C)n2)cc1. The molecule has 0 amide bonds. The van der Waals surface area contributed by atoms with E-state index in [2.05, 4.69) is 24.0 Å². The van der Waals surface area contributed by atoms with Gasteiger partial charge in [-0.2, -0.15) is 4.98 Å². The summed E-state index contributed by atoms with van der Waals surface area (Å²) in [6.07, 6.45) is 0.824. The van der Waals surface area contributed by atoms with Crippen molar-refractivity contribution in [3.05, 3.63) is 30.2 Å². The Balaban J connectivity index is 2.15. The predicted molar refractivity (Wildman–Crippen MR) is 72.7 cm³/mol. The van der Waals surface area contributed by atoms with E-state index < -0.39 is 0 Å². The summed E-state index contributed by atoms with van der Waals surface area (Å²) < 4.78 is 10.3. The van der Waals surface area contributed by atoms with Crippen LogP contribution in [-0.2, 0) is 0 Å². The predicted octanol–water partition coefficient (Wildman–Crippen LogP) is 2.79. The maximum Gasteiger partial charge on any atom is 0.243 e. The van der Waals surface area contributed by atoms with Crippen LogP contribution in [0.3, 0.4) is 0 Å². The lowest BCUT2D eigenvalue weighted by Crippen LogP contribution is -2.13. The van der Waals surface area contributed by atoms with E-state index in [0.717, 1.165) is 17.7 Å². The van der Waals surface area contributed by atoms with Crippen molar-refractivity contribution in [2.75, 3.05) is 7.11 Å². The lowest BCUT2D eigenvalue weighted by molar-refractivity contribution is 0.335. The number of benzene rings is 1. The first kappa shape index (κ1) is 13.5. The summed E-state index contributed by atoms with van der Waals surface area (Å²) in [6, 6.07) is 7.29. The van der Waals surface area contributed by atoms with Crippen molar-refractivity contribution >= 4 is 0 Å². The van der Waals surface area contributed by atoms with Gasteiger partial charge < -0.3 is 15.0 Å². The second kappa shape index (κ2) is 5.84. The number of nitrogens with zero attached hydrogens (tertiary/aromatic N) is 2. The Bertz CT molecular complexity index is 520. The van der Waals surface area contributed by atoms with Crippen LogP contribution in [0, 0.1) is 5.92 Å². The summed E-state index contributed by atoms with van der Waals surface area (Å²) >= 11 is 0. The van der Waals surface area contributed by atoms with E-state index >= 15 is 0 Å². The monoisotopic (exact) mass is 261 g/mol. The first-order valence-corrected chi connectivity index (χ1v) is 6.33. The molecule has 102 valence electrons. The molecule has 1 aromatic carbocycles. The van der Waals surface area contributed by atoms with Gasteiger partial charge in [-0.05, 0) is 36.6 Å². The molecule has 0 aliphatic rings. The largest absolute Gasteiger partial charge is 0.497 e. The minimum atomic E-state index is -0.209. The van der Waals surface area contributed by atoms with E-state index in [1.165, 1.54) is 0 Å². The number of ether oxygens (including phenoxy) is 1. The van der Waals surface area contributed by atoms with Crippen LogP contribution >= 0.6 is 0 Å². The summed E-state index contributed by atoms with van der Waals surface area (Å²) in [5.74, 6) is 2.33. The Kier molecular flexibility index (Phi) is 4.16. The first-order chi connectivity index (χ1) is 9.10. The Hall–Kier alpha value is -1.88. The van der Waals surface area contributed by atoms with Gasteiger partial charge in [-0.15, -0.1) is 0 Å². The molecule has 0 radical (unpaired) electrons. The maximum atomic E-state index is 6.02. The van der Waals surface area contributed by atoms with E-state index in [1.807, 2.05) is 24.3 Å². The fraction of sp³-hybridized carbons (Fsp3) is 0.429. The fourth-order valence-corrected chi connectivity index (χ4v) is 1.85. The average Bonchev–Trinajstić information content (AvgIpc) is 2.88. The third-order valence-electron chi connectivity index (χ3n) is 2.83. The standard InChI is InChI=1S/C14H19N3O2/c1-9(2)8-12(15)14-16-13(17-19-14)10-4-6-11(18-3)7-5-10/h4-7,9,12H,8,15H2,1-3H3/t12-/m1/s1. The smallest absolute Gasteiger partial charge is 0.243 e. The van der Waals surface area contributed by atoms with Gasteiger partial charge in [-0.1, -0.05) is 19.0 Å². The highest BCUT2D eigenvalue weighted by molar-refractivity contribution is 5.55. The zero-order chi connectivity index (χ0) is 13.8. The van der Waals surface area contributed by atoms with Crippen LogP contribution in [0.15, 0.2) is 28.8 Å². The molecule has 1 aromatic heterocycles. The Morgan fingerprint density at radius 3 is 2.53 bits per heavy atom. The van der Waals surface area contributed by atoms with Gasteiger partial charge in [0.25, 0.3) is 0 Å². The van der Waals surface area contributed by atoms with Gasteiger partial charge in [0, 0.05) is 5.56 Å². The minimum Gasteiger partial charge on any atom is -0.497 e. The van der Waals surface area contributed by atoms with E-state index in [1.54, 1.807) is 7.11 Å². The number of hydrogen-bond acceptors (Lipinski definition) is 5. The quantitative estimate of drug-likeness (QED) is 0.895. The van der Waals surface area contributed by atoms with Crippen molar-refractivity contribution in [3.63, 3.8) is 0 Å². The molecule has 0 saturated heterocycles. The van der Waals surface area contributed by atoms with Crippen molar-refractivity contribution in [3.8, 4) is 17.1 Å². The van der Waals surface area contributed by atoms with Gasteiger partial charge in [0.1, 0.15) is 5.75 Å². The van der Waals surface area contributed by atoms with Crippen LogP contribution in [-0.4, -0.2) is 17.3 Å². The topological polar surface area (TPSA) is 74.2 Å². The highest BCUT2D eigenvalue weighted by Gasteiger charge is 2.16. The molecule has 1 atom stereocenters. The van der Waals surface area contributed by atoms with Gasteiger partial charge in [0.2, 0.25) is 11.7 Å². The molecular weight excluding hydrogens is 242 g/mol. The third-order valence-corrected chi connectivity index (χ3v) is 2.83. The van der Waals surface area contributed by atoms with Crippen molar-refractivity contribution in [1.82, 2.24) is 10.1 Å². The highest BCUT2D eigenvalue weighted by Crippen LogP contribution is 2.23. The second-order valence-electron chi connectivity index (χ2n) is 4.92. The molecule has 0 unspecified atom stereocenters.